The van der Waals surface area contributed by atoms with Crippen LogP contribution in [0.3, 0.4) is 0 Å². The van der Waals surface area contributed by atoms with Gasteiger partial charge in [0.25, 0.3) is 0 Å². The summed E-state index contributed by atoms with van der Waals surface area (Å²) >= 11 is 5.76. The zero-order chi connectivity index (χ0) is 12.8. The van der Waals surface area contributed by atoms with Crippen molar-refractivity contribution >= 4 is 23.3 Å². The summed E-state index contributed by atoms with van der Waals surface area (Å²) in [5.41, 5.74) is 0.357. The summed E-state index contributed by atoms with van der Waals surface area (Å²) in [6.45, 7) is 2.21. The van der Waals surface area contributed by atoms with E-state index in [0.29, 0.717) is 12.3 Å². The third kappa shape index (κ3) is 4.58. The van der Waals surface area contributed by atoms with E-state index in [1.54, 1.807) is 14.0 Å². The summed E-state index contributed by atoms with van der Waals surface area (Å²) in [6, 6.07) is 3.22. The van der Waals surface area contributed by atoms with E-state index < -0.39 is 11.8 Å². The zero-order valence-corrected chi connectivity index (χ0v) is 10.3. The summed E-state index contributed by atoms with van der Waals surface area (Å²) in [7, 11) is 1.55. The molecule has 0 spiro atoms. The maximum absolute atomic E-state index is 12.8. The average Bonchev–Trinajstić information content (AvgIpc) is 2.22. The van der Waals surface area contributed by atoms with Gasteiger partial charge in [-0.05, 0) is 25.1 Å². The van der Waals surface area contributed by atoms with Crippen molar-refractivity contribution in [2.45, 2.75) is 13.0 Å². The summed E-state index contributed by atoms with van der Waals surface area (Å²) < 4.78 is 17.6. The van der Waals surface area contributed by atoms with Gasteiger partial charge in [-0.25, -0.2) is 9.18 Å². The van der Waals surface area contributed by atoms with Crippen LogP contribution >= 0.6 is 11.6 Å². The van der Waals surface area contributed by atoms with E-state index in [0.717, 1.165) is 6.07 Å². The summed E-state index contributed by atoms with van der Waals surface area (Å²) in [6.07, 6.45) is 0. The Labute approximate surface area is 104 Å². The van der Waals surface area contributed by atoms with Crippen LogP contribution < -0.4 is 10.6 Å². The van der Waals surface area contributed by atoms with Gasteiger partial charge < -0.3 is 15.4 Å². The molecule has 6 heteroatoms. The topological polar surface area (TPSA) is 50.4 Å². The van der Waals surface area contributed by atoms with E-state index in [9.17, 15) is 9.18 Å². The van der Waals surface area contributed by atoms with Gasteiger partial charge in [-0.1, -0.05) is 11.6 Å². The van der Waals surface area contributed by atoms with Gasteiger partial charge in [0.15, 0.2) is 0 Å². The number of ether oxygens (including phenoxy) is 1. The standard InChI is InChI=1S/C11H14ClFN2O2/c1-7(6-17-2)14-11(16)15-10-4-3-8(13)5-9(10)12/h3-5,7H,6H2,1-2H3,(H2,14,15,16)/t7-/m0/s1. The number of carbonyl (C=O) groups is 1. The molecule has 1 aromatic carbocycles. The molecule has 0 heterocycles. The number of nitrogens with one attached hydrogen (secondary N) is 2. The molecule has 0 radical (unpaired) electrons. The first-order valence-electron chi connectivity index (χ1n) is 5.04. The lowest BCUT2D eigenvalue weighted by molar-refractivity contribution is 0.173. The fraction of sp³-hybridized carbons (Fsp3) is 0.364. The highest BCUT2D eigenvalue weighted by molar-refractivity contribution is 6.33. The Morgan fingerprint density at radius 2 is 2.29 bits per heavy atom. The van der Waals surface area contributed by atoms with E-state index >= 15 is 0 Å². The third-order valence-corrected chi connectivity index (χ3v) is 2.29. The number of methoxy groups -OCH3 is 1. The van der Waals surface area contributed by atoms with Crippen LogP contribution in [0.15, 0.2) is 18.2 Å². The van der Waals surface area contributed by atoms with Crippen LogP contribution in [0.2, 0.25) is 5.02 Å². The summed E-state index contributed by atoms with van der Waals surface area (Å²) in [5.74, 6) is -0.450. The third-order valence-electron chi connectivity index (χ3n) is 1.97. The van der Waals surface area contributed by atoms with Crippen molar-refractivity contribution in [1.82, 2.24) is 5.32 Å². The molecule has 0 saturated heterocycles. The Kier molecular flexibility index (Phi) is 5.18. The second-order valence-electron chi connectivity index (χ2n) is 3.58. The lowest BCUT2D eigenvalue weighted by Crippen LogP contribution is -2.38. The summed E-state index contributed by atoms with van der Waals surface area (Å²) in [4.78, 5) is 11.5. The maximum atomic E-state index is 12.8. The number of carbonyl (C=O) groups excluding carboxylic acids is 1. The highest BCUT2D eigenvalue weighted by Crippen LogP contribution is 2.22. The minimum atomic E-state index is -0.450. The highest BCUT2D eigenvalue weighted by Gasteiger charge is 2.09. The van der Waals surface area contributed by atoms with Gasteiger partial charge in [-0.2, -0.15) is 0 Å². The van der Waals surface area contributed by atoms with Gasteiger partial charge in [0.2, 0.25) is 0 Å². The Morgan fingerprint density at radius 3 is 2.88 bits per heavy atom. The molecular weight excluding hydrogens is 247 g/mol. The van der Waals surface area contributed by atoms with Crippen LogP contribution in [0.1, 0.15) is 6.92 Å². The molecule has 17 heavy (non-hydrogen) atoms. The molecule has 0 bridgehead atoms. The van der Waals surface area contributed by atoms with Crippen LogP contribution in [-0.4, -0.2) is 25.8 Å². The monoisotopic (exact) mass is 260 g/mol. The largest absolute Gasteiger partial charge is 0.383 e. The molecule has 1 atom stereocenters. The van der Waals surface area contributed by atoms with Gasteiger partial charge in [0.05, 0.1) is 23.4 Å². The van der Waals surface area contributed by atoms with Gasteiger partial charge in [0, 0.05) is 7.11 Å². The molecule has 0 aliphatic carbocycles. The SMILES string of the molecule is COC[C@H](C)NC(=O)Nc1ccc(F)cc1Cl. The van der Waals surface area contributed by atoms with E-state index in [2.05, 4.69) is 10.6 Å². The molecule has 94 valence electrons. The van der Waals surface area contributed by atoms with Crippen molar-refractivity contribution in [1.29, 1.82) is 0 Å². The van der Waals surface area contributed by atoms with Crippen molar-refractivity contribution in [2.24, 2.45) is 0 Å². The predicted octanol–water partition coefficient (Wildman–Crippen LogP) is 2.64. The number of anilines is 1. The quantitative estimate of drug-likeness (QED) is 0.874. The van der Waals surface area contributed by atoms with Crippen LogP contribution in [0.5, 0.6) is 0 Å². The van der Waals surface area contributed by atoms with Crippen LogP contribution in [-0.2, 0) is 4.74 Å². The molecule has 1 rings (SSSR count). The molecule has 4 nitrogen and oxygen atoms in total. The molecule has 0 aliphatic heterocycles. The Hall–Kier alpha value is -1.33. The predicted molar refractivity (Wildman–Crippen MR) is 64.9 cm³/mol. The van der Waals surface area contributed by atoms with Crippen LogP contribution in [0.4, 0.5) is 14.9 Å². The number of benzene rings is 1. The second kappa shape index (κ2) is 6.42. The van der Waals surface area contributed by atoms with Crippen molar-refractivity contribution < 1.29 is 13.9 Å². The smallest absolute Gasteiger partial charge is 0.319 e. The van der Waals surface area contributed by atoms with Crippen molar-refractivity contribution in [2.75, 3.05) is 19.0 Å². The van der Waals surface area contributed by atoms with Crippen LogP contribution in [0, 0.1) is 5.82 Å². The van der Waals surface area contributed by atoms with E-state index in [1.807, 2.05) is 0 Å². The normalized spacial score (nSPS) is 12.0. The first kappa shape index (κ1) is 13.7. The zero-order valence-electron chi connectivity index (χ0n) is 9.59. The van der Waals surface area contributed by atoms with Crippen LogP contribution in [0.25, 0.3) is 0 Å². The number of hydrogen-bond acceptors (Lipinski definition) is 2. The lowest BCUT2D eigenvalue weighted by atomic mass is 10.3. The second-order valence-corrected chi connectivity index (χ2v) is 3.99. The molecule has 0 aliphatic rings. The fourth-order valence-electron chi connectivity index (χ4n) is 1.26. The fourth-order valence-corrected chi connectivity index (χ4v) is 1.48. The maximum Gasteiger partial charge on any atom is 0.319 e. The Balaban J connectivity index is 2.56. The minimum Gasteiger partial charge on any atom is -0.383 e. The van der Waals surface area contributed by atoms with E-state index in [1.165, 1.54) is 12.1 Å². The Morgan fingerprint density at radius 1 is 1.59 bits per heavy atom. The van der Waals surface area contributed by atoms with E-state index in [-0.39, 0.29) is 11.1 Å². The molecule has 0 aromatic heterocycles. The number of halogens is 2. The number of rotatable bonds is 4. The lowest BCUT2D eigenvalue weighted by Gasteiger charge is -2.14. The average molecular weight is 261 g/mol. The van der Waals surface area contributed by atoms with Crippen molar-refractivity contribution in [3.8, 4) is 0 Å². The van der Waals surface area contributed by atoms with Crippen molar-refractivity contribution in [3.63, 3.8) is 0 Å². The number of amides is 2. The molecule has 0 saturated carbocycles. The molecular formula is C11H14ClFN2O2. The van der Waals surface area contributed by atoms with Gasteiger partial charge >= 0.3 is 6.03 Å². The van der Waals surface area contributed by atoms with Gasteiger partial charge in [-0.3, -0.25) is 0 Å². The number of hydrogen-bond donors (Lipinski definition) is 2. The Bertz CT molecular complexity index is 401. The summed E-state index contributed by atoms with van der Waals surface area (Å²) in [5, 5.41) is 5.32. The molecule has 2 amide bonds. The van der Waals surface area contributed by atoms with Gasteiger partial charge in [-0.15, -0.1) is 0 Å². The highest BCUT2D eigenvalue weighted by atomic mass is 35.5. The molecule has 0 fully saturated rings. The molecule has 0 unspecified atom stereocenters. The first-order valence-corrected chi connectivity index (χ1v) is 5.42. The molecule has 2 N–H and O–H groups in total. The number of urea groups is 1. The van der Waals surface area contributed by atoms with E-state index in [4.69, 9.17) is 16.3 Å². The molecule has 1 aromatic rings. The first-order chi connectivity index (χ1) is 8.02. The van der Waals surface area contributed by atoms with Gasteiger partial charge in [0.1, 0.15) is 5.82 Å². The minimum absolute atomic E-state index is 0.126. The van der Waals surface area contributed by atoms with Crippen molar-refractivity contribution in [3.05, 3.63) is 29.0 Å².